The number of primary amides is 2. The second kappa shape index (κ2) is 8.91. The summed E-state index contributed by atoms with van der Waals surface area (Å²) >= 11 is 0. The number of rotatable bonds is 7. The van der Waals surface area contributed by atoms with Gasteiger partial charge >= 0.3 is 6.03 Å². The summed E-state index contributed by atoms with van der Waals surface area (Å²) < 4.78 is 0. The number of nitrogens with zero attached hydrogens (tertiary/aromatic N) is 1. The molecule has 136 valence electrons. The van der Waals surface area contributed by atoms with E-state index in [1.54, 1.807) is 0 Å². The molecular weight excluding hydrogens is 322 g/mol. The maximum atomic E-state index is 11.7. The second-order valence-electron chi connectivity index (χ2n) is 6.10. The van der Waals surface area contributed by atoms with Crippen LogP contribution in [0.15, 0.2) is 24.3 Å². The van der Waals surface area contributed by atoms with Gasteiger partial charge < -0.3 is 27.0 Å². The smallest absolute Gasteiger partial charge is 0.315 e. The minimum atomic E-state index is -1.51. The Kier molecular flexibility index (Phi) is 6.62. The molecule has 8 heteroatoms. The number of urea groups is 1. The van der Waals surface area contributed by atoms with Crippen molar-refractivity contribution >= 4 is 23.5 Å². The molecule has 1 saturated heterocycles. The van der Waals surface area contributed by atoms with Gasteiger partial charge in [0.05, 0.1) is 0 Å². The van der Waals surface area contributed by atoms with E-state index in [0.29, 0.717) is 13.0 Å². The molecule has 1 aliphatic rings. The predicted octanol–water partition coefficient (Wildman–Crippen LogP) is -0.142. The fourth-order valence-electron chi connectivity index (χ4n) is 2.81. The SMILES string of the molecule is NC(=O)C(NC(=O)NCCc1ccc(N2CCCCC2)cc1)C(N)=O. The average molecular weight is 347 g/mol. The summed E-state index contributed by atoms with van der Waals surface area (Å²) in [5.74, 6) is -1.98. The molecule has 1 aromatic rings. The van der Waals surface area contributed by atoms with E-state index in [1.807, 2.05) is 12.1 Å². The number of benzene rings is 1. The fourth-order valence-corrected chi connectivity index (χ4v) is 2.81. The number of amides is 4. The van der Waals surface area contributed by atoms with E-state index >= 15 is 0 Å². The third kappa shape index (κ3) is 5.66. The van der Waals surface area contributed by atoms with Crippen LogP contribution in [0.25, 0.3) is 0 Å². The molecule has 0 saturated carbocycles. The summed E-state index contributed by atoms with van der Waals surface area (Å²) in [5, 5.41) is 4.72. The number of hydrogen-bond donors (Lipinski definition) is 4. The van der Waals surface area contributed by atoms with Crippen molar-refractivity contribution in [2.75, 3.05) is 24.5 Å². The van der Waals surface area contributed by atoms with Crippen LogP contribution in [0, 0.1) is 0 Å². The molecule has 0 aromatic heterocycles. The predicted molar refractivity (Wildman–Crippen MR) is 94.9 cm³/mol. The van der Waals surface area contributed by atoms with Crippen molar-refractivity contribution in [2.45, 2.75) is 31.7 Å². The lowest BCUT2D eigenvalue weighted by atomic mass is 10.1. The third-order valence-electron chi connectivity index (χ3n) is 4.20. The first-order valence-electron chi connectivity index (χ1n) is 8.44. The summed E-state index contributed by atoms with van der Waals surface area (Å²) in [5.41, 5.74) is 12.3. The molecule has 1 fully saturated rings. The number of nitrogens with two attached hydrogens (primary N) is 2. The minimum absolute atomic E-state index is 0.360. The van der Waals surface area contributed by atoms with Gasteiger partial charge in [0.1, 0.15) is 0 Å². The highest BCUT2D eigenvalue weighted by atomic mass is 16.2. The lowest BCUT2D eigenvalue weighted by molar-refractivity contribution is -0.128. The topological polar surface area (TPSA) is 131 Å². The molecule has 0 atom stereocenters. The zero-order valence-electron chi connectivity index (χ0n) is 14.2. The van der Waals surface area contributed by atoms with Crippen LogP contribution in [0.5, 0.6) is 0 Å². The molecule has 0 spiro atoms. The van der Waals surface area contributed by atoms with Gasteiger partial charge in [0.25, 0.3) is 0 Å². The van der Waals surface area contributed by atoms with Crippen molar-refractivity contribution in [1.29, 1.82) is 0 Å². The van der Waals surface area contributed by atoms with Gasteiger partial charge in [-0.3, -0.25) is 9.59 Å². The van der Waals surface area contributed by atoms with Crippen molar-refractivity contribution in [1.82, 2.24) is 10.6 Å². The number of hydrogen-bond acceptors (Lipinski definition) is 4. The largest absolute Gasteiger partial charge is 0.372 e. The van der Waals surface area contributed by atoms with Crippen molar-refractivity contribution in [3.8, 4) is 0 Å². The number of anilines is 1. The average Bonchev–Trinajstić information content (AvgIpc) is 2.60. The van der Waals surface area contributed by atoms with Crippen molar-refractivity contribution in [2.24, 2.45) is 11.5 Å². The standard InChI is InChI=1S/C17H25N5O3/c18-15(23)14(16(19)24)21-17(25)20-9-8-12-4-6-13(7-5-12)22-10-2-1-3-11-22/h4-7,14H,1-3,8-11H2,(H2,18,23)(H2,19,24)(H2,20,21,25). The Bertz CT molecular complexity index is 597. The Morgan fingerprint density at radius 2 is 1.60 bits per heavy atom. The Balaban J connectivity index is 1.76. The molecule has 25 heavy (non-hydrogen) atoms. The first-order valence-corrected chi connectivity index (χ1v) is 8.44. The first kappa shape index (κ1) is 18.6. The molecule has 2 rings (SSSR count). The molecule has 0 aliphatic carbocycles. The Labute approximate surface area is 146 Å². The van der Waals surface area contributed by atoms with Crippen LogP contribution in [-0.4, -0.2) is 43.5 Å². The number of piperidine rings is 1. The zero-order chi connectivity index (χ0) is 18.2. The maximum absolute atomic E-state index is 11.7. The minimum Gasteiger partial charge on any atom is -0.372 e. The van der Waals surface area contributed by atoms with Gasteiger partial charge in [0, 0.05) is 25.3 Å². The van der Waals surface area contributed by atoms with Gasteiger partial charge in [-0.1, -0.05) is 12.1 Å². The summed E-state index contributed by atoms with van der Waals surface area (Å²) in [4.78, 5) is 36.1. The van der Waals surface area contributed by atoms with Crippen molar-refractivity contribution in [3.63, 3.8) is 0 Å². The number of carbonyl (C=O) groups excluding carboxylic acids is 3. The van der Waals surface area contributed by atoms with E-state index < -0.39 is 23.9 Å². The normalized spacial score (nSPS) is 14.2. The summed E-state index contributed by atoms with van der Waals surface area (Å²) in [7, 11) is 0. The van der Waals surface area contributed by atoms with E-state index in [2.05, 4.69) is 27.7 Å². The van der Waals surface area contributed by atoms with E-state index in [0.717, 1.165) is 18.7 Å². The van der Waals surface area contributed by atoms with Gasteiger partial charge in [0.15, 0.2) is 6.04 Å². The summed E-state index contributed by atoms with van der Waals surface area (Å²) in [6.45, 7) is 2.56. The van der Waals surface area contributed by atoms with E-state index in [1.165, 1.54) is 24.9 Å². The van der Waals surface area contributed by atoms with Gasteiger partial charge in [-0.25, -0.2) is 4.79 Å². The highest BCUT2D eigenvalue weighted by molar-refractivity contribution is 6.05. The molecule has 8 nitrogen and oxygen atoms in total. The van der Waals surface area contributed by atoms with E-state index in [-0.39, 0.29) is 0 Å². The Hall–Kier alpha value is -2.77. The van der Waals surface area contributed by atoms with Crippen LogP contribution >= 0.6 is 0 Å². The van der Waals surface area contributed by atoms with Crippen LogP contribution in [0.1, 0.15) is 24.8 Å². The third-order valence-corrected chi connectivity index (χ3v) is 4.20. The number of carbonyl (C=O) groups is 3. The van der Waals surface area contributed by atoms with Crippen LogP contribution in [-0.2, 0) is 16.0 Å². The van der Waals surface area contributed by atoms with Crippen LogP contribution in [0.3, 0.4) is 0 Å². The maximum Gasteiger partial charge on any atom is 0.315 e. The highest BCUT2D eigenvalue weighted by Gasteiger charge is 2.23. The summed E-state index contributed by atoms with van der Waals surface area (Å²) in [6, 6.07) is 6.10. The summed E-state index contributed by atoms with van der Waals surface area (Å²) in [6.07, 6.45) is 4.40. The molecule has 1 aliphatic heterocycles. The first-order chi connectivity index (χ1) is 12.0. The van der Waals surface area contributed by atoms with Crippen molar-refractivity contribution < 1.29 is 14.4 Å². The number of nitrogens with one attached hydrogen (secondary N) is 2. The van der Waals surface area contributed by atoms with Crippen LogP contribution < -0.4 is 27.0 Å². The quantitative estimate of drug-likeness (QED) is 0.511. The van der Waals surface area contributed by atoms with Crippen molar-refractivity contribution in [3.05, 3.63) is 29.8 Å². The second-order valence-corrected chi connectivity index (χ2v) is 6.10. The van der Waals surface area contributed by atoms with Gasteiger partial charge in [-0.05, 0) is 43.4 Å². The molecule has 0 bridgehead atoms. The monoisotopic (exact) mass is 347 g/mol. The highest BCUT2D eigenvalue weighted by Crippen LogP contribution is 2.20. The lowest BCUT2D eigenvalue weighted by Gasteiger charge is -2.28. The molecule has 0 unspecified atom stereocenters. The molecule has 1 heterocycles. The van der Waals surface area contributed by atoms with Gasteiger partial charge in [-0.2, -0.15) is 0 Å². The molecule has 6 N–H and O–H groups in total. The van der Waals surface area contributed by atoms with E-state index in [4.69, 9.17) is 11.5 Å². The Morgan fingerprint density at radius 1 is 1.00 bits per heavy atom. The zero-order valence-corrected chi connectivity index (χ0v) is 14.2. The van der Waals surface area contributed by atoms with Crippen LogP contribution in [0.2, 0.25) is 0 Å². The van der Waals surface area contributed by atoms with Gasteiger partial charge in [0.2, 0.25) is 11.8 Å². The molecule has 4 amide bonds. The molecular formula is C17H25N5O3. The molecule has 0 radical (unpaired) electrons. The van der Waals surface area contributed by atoms with Crippen LogP contribution in [0.4, 0.5) is 10.5 Å². The fraction of sp³-hybridized carbons (Fsp3) is 0.471. The van der Waals surface area contributed by atoms with Gasteiger partial charge in [-0.15, -0.1) is 0 Å². The molecule has 1 aromatic carbocycles. The Morgan fingerprint density at radius 3 is 2.16 bits per heavy atom. The lowest BCUT2D eigenvalue weighted by Crippen LogP contribution is -2.55. The van der Waals surface area contributed by atoms with E-state index in [9.17, 15) is 14.4 Å².